The van der Waals surface area contributed by atoms with E-state index in [0.717, 1.165) is 0 Å². The van der Waals surface area contributed by atoms with Crippen LogP contribution in [0.2, 0.25) is 15.1 Å². The summed E-state index contributed by atoms with van der Waals surface area (Å²) in [6.45, 7) is 3.70. The van der Waals surface area contributed by atoms with Crippen LogP contribution in [0.5, 0.6) is 0 Å². The maximum Gasteiger partial charge on any atom is 0.276 e. The molecule has 9 nitrogen and oxygen atoms in total. The average Bonchev–Trinajstić information content (AvgIpc) is 3.14. The van der Waals surface area contributed by atoms with Crippen LogP contribution in [-0.4, -0.2) is 56.9 Å². The highest BCUT2D eigenvalue weighted by Gasteiger charge is 2.28. The standard InChI is InChI=1S/C20H17Cl3N6O3/c1-12-19(24-25-28(12)18-4-2-13(21)10-15(18)22)20(30)27-8-6-26(7-9-27)17-5-3-14(29(31)32)11-16(17)23/h2-5,10-11H,6-9H2,1H3. The molecule has 32 heavy (non-hydrogen) atoms. The molecule has 2 aromatic carbocycles. The predicted molar refractivity (Wildman–Crippen MR) is 122 cm³/mol. The van der Waals surface area contributed by atoms with E-state index in [1.165, 1.54) is 16.8 Å². The van der Waals surface area contributed by atoms with E-state index in [1.54, 1.807) is 36.1 Å². The maximum absolute atomic E-state index is 13.1. The summed E-state index contributed by atoms with van der Waals surface area (Å²) in [5.74, 6) is -0.228. The van der Waals surface area contributed by atoms with E-state index in [0.29, 0.717) is 58.3 Å². The zero-order valence-electron chi connectivity index (χ0n) is 16.8. The van der Waals surface area contributed by atoms with Gasteiger partial charge in [-0.2, -0.15) is 0 Å². The molecule has 0 atom stereocenters. The number of rotatable bonds is 4. The number of nitrogens with zero attached hydrogens (tertiary/aromatic N) is 6. The Balaban J connectivity index is 1.47. The average molecular weight is 496 g/mol. The predicted octanol–water partition coefficient (Wildman–Crippen LogP) is 4.41. The number of carbonyl (C=O) groups is 1. The van der Waals surface area contributed by atoms with Crippen LogP contribution in [0.1, 0.15) is 16.2 Å². The first-order valence-corrected chi connectivity index (χ1v) is 10.8. The van der Waals surface area contributed by atoms with Crippen molar-refractivity contribution in [3.8, 4) is 5.69 Å². The molecule has 0 bridgehead atoms. The highest BCUT2D eigenvalue weighted by atomic mass is 35.5. The summed E-state index contributed by atoms with van der Waals surface area (Å²) in [6, 6.07) is 9.38. The molecule has 1 amide bonds. The number of nitro benzene ring substituents is 1. The van der Waals surface area contributed by atoms with Crippen LogP contribution in [0.4, 0.5) is 11.4 Å². The monoisotopic (exact) mass is 494 g/mol. The third-order valence-corrected chi connectivity index (χ3v) is 6.13. The maximum atomic E-state index is 13.1. The summed E-state index contributed by atoms with van der Waals surface area (Å²) in [4.78, 5) is 27.2. The molecule has 1 fully saturated rings. The highest BCUT2D eigenvalue weighted by molar-refractivity contribution is 6.35. The van der Waals surface area contributed by atoms with Gasteiger partial charge in [-0.25, -0.2) is 4.68 Å². The Morgan fingerprint density at radius 2 is 1.66 bits per heavy atom. The van der Waals surface area contributed by atoms with Gasteiger partial charge in [0.05, 0.1) is 32.0 Å². The summed E-state index contributed by atoms with van der Waals surface area (Å²) >= 11 is 18.5. The number of carbonyl (C=O) groups excluding carboxylic acids is 1. The number of anilines is 1. The molecule has 1 saturated heterocycles. The van der Waals surface area contributed by atoms with Gasteiger partial charge in [0.1, 0.15) is 0 Å². The molecular weight excluding hydrogens is 479 g/mol. The number of aromatic nitrogens is 3. The fourth-order valence-electron chi connectivity index (χ4n) is 3.57. The Hall–Kier alpha value is -2.88. The molecule has 0 saturated carbocycles. The Bertz CT molecular complexity index is 1210. The van der Waals surface area contributed by atoms with E-state index in [4.69, 9.17) is 34.8 Å². The van der Waals surface area contributed by atoms with E-state index < -0.39 is 4.92 Å². The van der Waals surface area contributed by atoms with Crippen molar-refractivity contribution in [2.75, 3.05) is 31.1 Å². The van der Waals surface area contributed by atoms with Crippen LogP contribution in [0.15, 0.2) is 36.4 Å². The molecule has 0 N–H and O–H groups in total. The van der Waals surface area contributed by atoms with Gasteiger partial charge < -0.3 is 9.80 Å². The molecule has 0 aliphatic carbocycles. The van der Waals surface area contributed by atoms with E-state index in [2.05, 4.69) is 10.3 Å². The minimum absolute atomic E-state index is 0.0630. The summed E-state index contributed by atoms with van der Waals surface area (Å²) in [5, 5.41) is 20.3. The van der Waals surface area contributed by atoms with Crippen molar-refractivity contribution in [1.82, 2.24) is 19.9 Å². The van der Waals surface area contributed by atoms with Crippen molar-refractivity contribution in [2.45, 2.75) is 6.92 Å². The Morgan fingerprint density at radius 1 is 1.00 bits per heavy atom. The lowest BCUT2D eigenvalue weighted by Crippen LogP contribution is -2.49. The number of hydrogen-bond donors (Lipinski definition) is 0. The summed E-state index contributed by atoms with van der Waals surface area (Å²) in [7, 11) is 0. The minimum Gasteiger partial charge on any atom is -0.367 e. The fraction of sp³-hybridized carbons (Fsp3) is 0.250. The molecule has 2 heterocycles. The van der Waals surface area contributed by atoms with Gasteiger partial charge in [0.15, 0.2) is 5.69 Å². The first kappa shape index (κ1) is 22.3. The van der Waals surface area contributed by atoms with Crippen LogP contribution < -0.4 is 4.90 Å². The lowest BCUT2D eigenvalue weighted by Gasteiger charge is -2.36. The molecule has 1 aliphatic rings. The summed E-state index contributed by atoms with van der Waals surface area (Å²) < 4.78 is 1.51. The molecule has 3 aromatic rings. The molecule has 12 heteroatoms. The normalized spacial score (nSPS) is 14.0. The number of halogens is 3. The first-order chi connectivity index (χ1) is 15.3. The van der Waals surface area contributed by atoms with Crippen LogP contribution in [0, 0.1) is 17.0 Å². The Kier molecular flexibility index (Phi) is 6.23. The minimum atomic E-state index is -0.487. The summed E-state index contributed by atoms with van der Waals surface area (Å²) in [6.07, 6.45) is 0. The Morgan fingerprint density at radius 3 is 2.28 bits per heavy atom. The van der Waals surface area contributed by atoms with Gasteiger partial charge in [0, 0.05) is 43.3 Å². The highest BCUT2D eigenvalue weighted by Crippen LogP contribution is 2.31. The molecule has 1 aliphatic heterocycles. The number of piperazine rings is 1. The van der Waals surface area contributed by atoms with Gasteiger partial charge in [0.2, 0.25) is 0 Å². The number of non-ortho nitro benzene ring substituents is 1. The third-order valence-electron chi connectivity index (χ3n) is 5.28. The molecule has 0 unspecified atom stereocenters. The van der Waals surface area contributed by atoms with E-state index in [-0.39, 0.29) is 17.3 Å². The van der Waals surface area contributed by atoms with Crippen LogP contribution >= 0.6 is 34.8 Å². The first-order valence-electron chi connectivity index (χ1n) is 9.62. The third kappa shape index (κ3) is 4.23. The molecule has 166 valence electrons. The van der Waals surface area contributed by atoms with Crippen molar-refractivity contribution < 1.29 is 9.72 Å². The SMILES string of the molecule is Cc1c(C(=O)N2CCN(c3ccc([N+](=O)[O-])cc3Cl)CC2)nnn1-c1ccc(Cl)cc1Cl. The van der Waals surface area contributed by atoms with Crippen LogP contribution in [0.3, 0.4) is 0 Å². The van der Waals surface area contributed by atoms with E-state index in [9.17, 15) is 14.9 Å². The molecule has 0 spiro atoms. The number of benzene rings is 2. The van der Waals surface area contributed by atoms with Crippen molar-refractivity contribution in [3.05, 3.63) is 73.0 Å². The number of amides is 1. The lowest BCUT2D eigenvalue weighted by atomic mass is 10.2. The smallest absolute Gasteiger partial charge is 0.276 e. The largest absolute Gasteiger partial charge is 0.367 e. The topological polar surface area (TPSA) is 97.4 Å². The lowest BCUT2D eigenvalue weighted by molar-refractivity contribution is -0.384. The van der Waals surface area contributed by atoms with E-state index >= 15 is 0 Å². The molecular formula is C20H17Cl3N6O3. The van der Waals surface area contributed by atoms with Crippen LogP contribution in [-0.2, 0) is 0 Å². The van der Waals surface area contributed by atoms with Gasteiger partial charge in [-0.15, -0.1) is 5.10 Å². The fourth-order valence-corrected chi connectivity index (χ4v) is 4.36. The second-order valence-electron chi connectivity index (χ2n) is 7.20. The molecule has 0 radical (unpaired) electrons. The van der Waals surface area contributed by atoms with Gasteiger partial charge in [-0.05, 0) is 31.2 Å². The molecule has 4 rings (SSSR count). The van der Waals surface area contributed by atoms with Crippen molar-refractivity contribution in [3.63, 3.8) is 0 Å². The van der Waals surface area contributed by atoms with Gasteiger partial charge in [0.25, 0.3) is 11.6 Å². The number of nitro groups is 1. The molecule has 1 aromatic heterocycles. The number of hydrogen-bond acceptors (Lipinski definition) is 6. The van der Waals surface area contributed by atoms with Gasteiger partial charge in [-0.1, -0.05) is 40.0 Å². The zero-order valence-corrected chi connectivity index (χ0v) is 19.1. The second kappa shape index (κ2) is 8.93. The van der Waals surface area contributed by atoms with Gasteiger partial charge in [-0.3, -0.25) is 14.9 Å². The van der Waals surface area contributed by atoms with Crippen LogP contribution in [0.25, 0.3) is 5.69 Å². The van der Waals surface area contributed by atoms with Crippen molar-refractivity contribution in [2.24, 2.45) is 0 Å². The zero-order chi connectivity index (χ0) is 23.0. The Labute approximate surface area is 198 Å². The van der Waals surface area contributed by atoms with Gasteiger partial charge >= 0.3 is 0 Å². The summed E-state index contributed by atoms with van der Waals surface area (Å²) in [5.41, 5.74) is 2.03. The second-order valence-corrected chi connectivity index (χ2v) is 8.45. The van der Waals surface area contributed by atoms with Crippen molar-refractivity contribution >= 4 is 52.1 Å². The quantitative estimate of drug-likeness (QED) is 0.393. The van der Waals surface area contributed by atoms with E-state index in [1.807, 2.05) is 4.90 Å². The van der Waals surface area contributed by atoms with Crippen molar-refractivity contribution in [1.29, 1.82) is 0 Å².